The summed E-state index contributed by atoms with van der Waals surface area (Å²) in [5.74, 6) is 0. The molecule has 0 bridgehead atoms. The summed E-state index contributed by atoms with van der Waals surface area (Å²) >= 11 is 1.81. The maximum Gasteiger partial charge on any atom is 0.0594 e. The fourth-order valence-electron chi connectivity index (χ4n) is 2.51. The van der Waals surface area contributed by atoms with E-state index in [2.05, 4.69) is 52.9 Å². The molecule has 3 rings (SSSR count). The van der Waals surface area contributed by atoms with E-state index in [1.807, 2.05) is 11.3 Å². The lowest BCUT2D eigenvalue weighted by Gasteiger charge is -2.26. The lowest BCUT2D eigenvalue weighted by Crippen LogP contribution is -2.35. The minimum atomic E-state index is 0.861. The first kappa shape index (κ1) is 14.6. The van der Waals surface area contributed by atoms with Gasteiger partial charge < -0.3 is 10.1 Å². The van der Waals surface area contributed by atoms with Crippen LogP contribution in [-0.4, -0.2) is 31.2 Å². The Morgan fingerprint density at radius 2 is 1.90 bits per heavy atom. The maximum absolute atomic E-state index is 5.38. The summed E-state index contributed by atoms with van der Waals surface area (Å²) in [6, 6.07) is 11.0. The van der Waals surface area contributed by atoms with Gasteiger partial charge in [-0.2, -0.15) is 0 Å². The van der Waals surface area contributed by atoms with Gasteiger partial charge in [-0.05, 0) is 41.6 Å². The van der Waals surface area contributed by atoms with E-state index >= 15 is 0 Å². The van der Waals surface area contributed by atoms with E-state index < -0.39 is 0 Å². The standard InChI is InChI=1S/C17H22N2OS/c1-14-6-11-21-17(14)12-18-16-4-2-15(3-5-16)13-19-7-9-20-10-8-19/h2-6,11,18H,7-10,12-13H2,1H3. The highest BCUT2D eigenvalue weighted by molar-refractivity contribution is 7.10. The molecule has 3 nitrogen and oxygen atoms in total. The minimum Gasteiger partial charge on any atom is -0.380 e. The van der Waals surface area contributed by atoms with Crippen molar-refractivity contribution in [2.75, 3.05) is 31.6 Å². The fourth-order valence-corrected chi connectivity index (χ4v) is 3.36. The largest absolute Gasteiger partial charge is 0.380 e. The third kappa shape index (κ3) is 4.06. The lowest BCUT2D eigenvalue weighted by molar-refractivity contribution is 0.0342. The van der Waals surface area contributed by atoms with Crippen LogP contribution in [0.1, 0.15) is 16.0 Å². The number of thiophene rings is 1. The van der Waals surface area contributed by atoms with Gasteiger partial charge in [0, 0.05) is 36.7 Å². The van der Waals surface area contributed by atoms with E-state index in [9.17, 15) is 0 Å². The molecule has 1 aromatic carbocycles. The topological polar surface area (TPSA) is 24.5 Å². The average Bonchev–Trinajstić information content (AvgIpc) is 2.93. The second kappa shape index (κ2) is 7.07. The van der Waals surface area contributed by atoms with Crippen molar-refractivity contribution in [3.8, 4) is 0 Å². The molecule has 112 valence electrons. The van der Waals surface area contributed by atoms with E-state index in [4.69, 9.17) is 4.74 Å². The molecule has 1 N–H and O–H groups in total. The number of benzene rings is 1. The second-order valence-corrected chi connectivity index (χ2v) is 6.47. The van der Waals surface area contributed by atoms with Crippen molar-refractivity contribution in [3.63, 3.8) is 0 Å². The van der Waals surface area contributed by atoms with Crippen molar-refractivity contribution >= 4 is 17.0 Å². The van der Waals surface area contributed by atoms with Gasteiger partial charge in [-0.1, -0.05) is 12.1 Å². The Morgan fingerprint density at radius 3 is 2.57 bits per heavy atom. The summed E-state index contributed by atoms with van der Waals surface area (Å²) < 4.78 is 5.38. The number of nitrogens with one attached hydrogen (secondary N) is 1. The highest BCUT2D eigenvalue weighted by Gasteiger charge is 2.10. The molecular weight excluding hydrogens is 280 g/mol. The monoisotopic (exact) mass is 302 g/mol. The van der Waals surface area contributed by atoms with Gasteiger partial charge in [0.25, 0.3) is 0 Å². The zero-order valence-corrected chi connectivity index (χ0v) is 13.3. The summed E-state index contributed by atoms with van der Waals surface area (Å²) in [5.41, 5.74) is 3.93. The third-order valence-corrected chi connectivity index (χ3v) is 4.91. The molecule has 1 fully saturated rings. The zero-order valence-electron chi connectivity index (χ0n) is 12.5. The highest BCUT2D eigenvalue weighted by atomic mass is 32.1. The van der Waals surface area contributed by atoms with Crippen LogP contribution < -0.4 is 5.32 Å². The Hall–Kier alpha value is -1.36. The van der Waals surface area contributed by atoms with Crippen LogP contribution in [0.3, 0.4) is 0 Å². The molecular formula is C17H22N2OS. The second-order valence-electron chi connectivity index (χ2n) is 5.47. The van der Waals surface area contributed by atoms with Gasteiger partial charge in [0.05, 0.1) is 13.2 Å². The van der Waals surface area contributed by atoms with Crippen LogP contribution in [0.5, 0.6) is 0 Å². The predicted octanol–water partition coefficient (Wildman–Crippen LogP) is 3.50. The summed E-state index contributed by atoms with van der Waals surface area (Å²) in [6.07, 6.45) is 0. The van der Waals surface area contributed by atoms with Crippen LogP contribution in [0.15, 0.2) is 35.7 Å². The summed E-state index contributed by atoms with van der Waals surface area (Å²) in [5, 5.41) is 5.65. The van der Waals surface area contributed by atoms with E-state index in [1.54, 1.807) is 0 Å². The van der Waals surface area contributed by atoms with Gasteiger partial charge in [-0.25, -0.2) is 0 Å². The zero-order chi connectivity index (χ0) is 14.5. The van der Waals surface area contributed by atoms with E-state index in [-0.39, 0.29) is 0 Å². The van der Waals surface area contributed by atoms with Crippen molar-refractivity contribution in [1.29, 1.82) is 0 Å². The molecule has 2 aromatic rings. The van der Waals surface area contributed by atoms with Crippen LogP contribution in [0.25, 0.3) is 0 Å². The number of aryl methyl sites for hydroxylation is 1. The van der Waals surface area contributed by atoms with Crippen molar-refractivity contribution < 1.29 is 4.74 Å². The van der Waals surface area contributed by atoms with Gasteiger partial charge in [0.1, 0.15) is 0 Å². The number of anilines is 1. The van der Waals surface area contributed by atoms with E-state index in [1.165, 1.54) is 21.7 Å². The lowest BCUT2D eigenvalue weighted by atomic mass is 10.2. The SMILES string of the molecule is Cc1ccsc1CNc1ccc(CN2CCOCC2)cc1. The third-order valence-electron chi connectivity index (χ3n) is 3.89. The number of hydrogen-bond acceptors (Lipinski definition) is 4. The highest BCUT2D eigenvalue weighted by Crippen LogP contribution is 2.18. The maximum atomic E-state index is 5.38. The number of nitrogens with zero attached hydrogens (tertiary/aromatic N) is 1. The van der Waals surface area contributed by atoms with Crippen molar-refractivity contribution in [2.24, 2.45) is 0 Å². The van der Waals surface area contributed by atoms with Crippen LogP contribution in [0, 0.1) is 6.92 Å². The smallest absolute Gasteiger partial charge is 0.0594 e. The van der Waals surface area contributed by atoms with Gasteiger partial charge in [-0.3, -0.25) is 4.90 Å². The number of morpholine rings is 1. The van der Waals surface area contributed by atoms with Gasteiger partial charge in [0.2, 0.25) is 0 Å². The van der Waals surface area contributed by atoms with Gasteiger partial charge in [0.15, 0.2) is 0 Å². The first-order chi connectivity index (χ1) is 10.3. The molecule has 1 aromatic heterocycles. The number of ether oxygens (including phenoxy) is 1. The Balaban J connectivity index is 1.52. The molecule has 0 atom stereocenters. The summed E-state index contributed by atoms with van der Waals surface area (Å²) in [4.78, 5) is 3.86. The van der Waals surface area contributed by atoms with E-state index in [0.717, 1.165) is 39.4 Å². The summed E-state index contributed by atoms with van der Waals surface area (Å²) in [7, 11) is 0. The molecule has 0 saturated carbocycles. The minimum absolute atomic E-state index is 0.861. The molecule has 21 heavy (non-hydrogen) atoms. The van der Waals surface area contributed by atoms with Crippen molar-refractivity contribution in [2.45, 2.75) is 20.0 Å². The molecule has 0 unspecified atom stereocenters. The average molecular weight is 302 g/mol. The van der Waals surface area contributed by atoms with Crippen LogP contribution in [0.4, 0.5) is 5.69 Å². The molecule has 1 aliphatic heterocycles. The summed E-state index contributed by atoms with van der Waals surface area (Å²) in [6.45, 7) is 7.90. The molecule has 0 aliphatic carbocycles. The van der Waals surface area contributed by atoms with Crippen LogP contribution in [0.2, 0.25) is 0 Å². The molecule has 4 heteroatoms. The van der Waals surface area contributed by atoms with Gasteiger partial charge >= 0.3 is 0 Å². The number of hydrogen-bond donors (Lipinski definition) is 1. The molecule has 1 saturated heterocycles. The molecule has 0 amide bonds. The fraction of sp³-hybridized carbons (Fsp3) is 0.412. The predicted molar refractivity (Wildman–Crippen MR) is 88.9 cm³/mol. The molecule has 1 aliphatic rings. The Labute approximate surface area is 130 Å². The van der Waals surface area contributed by atoms with E-state index in [0.29, 0.717) is 0 Å². The Bertz CT molecular complexity index is 558. The molecule has 2 heterocycles. The van der Waals surface area contributed by atoms with Gasteiger partial charge in [-0.15, -0.1) is 11.3 Å². The van der Waals surface area contributed by atoms with Crippen molar-refractivity contribution in [3.05, 3.63) is 51.7 Å². The quantitative estimate of drug-likeness (QED) is 0.915. The Kier molecular flexibility index (Phi) is 4.91. The van der Waals surface area contributed by atoms with Crippen molar-refractivity contribution in [1.82, 2.24) is 4.90 Å². The first-order valence-corrected chi connectivity index (χ1v) is 8.35. The normalized spacial score (nSPS) is 16.0. The number of rotatable bonds is 5. The van der Waals surface area contributed by atoms with Crippen LogP contribution in [-0.2, 0) is 17.8 Å². The Morgan fingerprint density at radius 1 is 1.14 bits per heavy atom. The molecule has 0 spiro atoms. The van der Waals surface area contributed by atoms with Crippen LogP contribution >= 0.6 is 11.3 Å². The molecule has 0 radical (unpaired) electrons. The first-order valence-electron chi connectivity index (χ1n) is 7.47.